The van der Waals surface area contributed by atoms with Crippen molar-refractivity contribution in [2.24, 2.45) is 5.41 Å². The van der Waals surface area contributed by atoms with E-state index >= 15 is 0 Å². The Labute approximate surface area is 121 Å². The SMILES string of the molecule is CCCNc1ccc(C(=O)N(C)C(C)C(C)(C)C)nn1. The van der Waals surface area contributed by atoms with Crippen LogP contribution in [0.4, 0.5) is 5.82 Å². The molecule has 0 saturated carbocycles. The summed E-state index contributed by atoms with van der Waals surface area (Å²) in [6.45, 7) is 11.3. The van der Waals surface area contributed by atoms with Gasteiger partial charge in [0.15, 0.2) is 5.69 Å². The topological polar surface area (TPSA) is 58.1 Å². The second-order valence-electron chi connectivity index (χ2n) is 6.19. The van der Waals surface area contributed by atoms with Crippen molar-refractivity contribution < 1.29 is 4.79 Å². The predicted molar refractivity (Wildman–Crippen MR) is 81.8 cm³/mol. The number of anilines is 1. The minimum atomic E-state index is -0.0954. The third-order valence-electron chi connectivity index (χ3n) is 3.59. The Balaban J connectivity index is 2.77. The van der Waals surface area contributed by atoms with Gasteiger partial charge in [-0.3, -0.25) is 4.79 Å². The van der Waals surface area contributed by atoms with E-state index in [1.165, 1.54) is 0 Å². The monoisotopic (exact) mass is 278 g/mol. The summed E-state index contributed by atoms with van der Waals surface area (Å²) in [5, 5.41) is 11.2. The number of hydrogen-bond donors (Lipinski definition) is 1. The van der Waals surface area contributed by atoms with E-state index in [1.807, 2.05) is 14.0 Å². The van der Waals surface area contributed by atoms with E-state index in [1.54, 1.807) is 17.0 Å². The molecule has 5 heteroatoms. The highest BCUT2D eigenvalue weighted by atomic mass is 16.2. The molecule has 0 aliphatic heterocycles. The maximum Gasteiger partial charge on any atom is 0.274 e. The first kappa shape index (κ1) is 16.4. The molecule has 0 spiro atoms. The van der Waals surface area contributed by atoms with Crippen LogP contribution in [0.3, 0.4) is 0 Å². The van der Waals surface area contributed by atoms with Crippen LogP contribution in [-0.2, 0) is 0 Å². The molecular formula is C15H26N4O. The molecule has 1 rings (SSSR count). The highest BCUT2D eigenvalue weighted by molar-refractivity contribution is 5.92. The van der Waals surface area contributed by atoms with Crippen molar-refractivity contribution in [2.45, 2.75) is 47.1 Å². The first-order valence-corrected chi connectivity index (χ1v) is 7.12. The molecule has 112 valence electrons. The number of nitrogens with one attached hydrogen (secondary N) is 1. The van der Waals surface area contributed by atoms with Crippen molar-refractivity contribution in [1.82, 2.24) is 15.1 Å². The first-order valence-electron chi connectivity index (χ1n) is 7.12. The number of rotatable bonds is 5. The number of carbonyl (C=O) groups is 1. The summed E-state index contributed by atoms with van der Waals surface area (Å²) in [6, 6.07) is 3.64. The van der Waals surface area contributed by atoms with Crippen LogP contribution in [0.5, 0.6) is 0 Å². The molecule has 0 bridgehead atoms. The molecule has 1 heterocycles. The van der Waals surface area contributed by atoms with Crippen molar-refractivity contribution in [3.05, 3.63) is 17.8 Å². The predicted octanol–water partition coefficient (Wildman–Crippen LogP) is 2.81. The van der Waals surface area contributed by atoms with Gasteiger partial charge in [0.25, 0.3) is 5.91 Å². The largest absolute Gasteiger partial charge is 0.369 e. The van der Waals surface area contributed by atoms with E-state index < -0.39 is 0 Å². The van der Waals surface area contributed by atoms with Gasteiger partial charge in [-0.15, -0.1) is 10.2 Å². The fourth-order valence-corrected chi connectivity index (χ4v) is 1.73. The van der Waals surface area contributed by atoms with Crippen molar-refractivity contribution in [2.75, 3.05) is 18.9 Å². The van der Waals surface area contributed by atoms with Gasteiger partial charge in [-0.1, -0.05) is 27.7 Å². The van der Waals surface area contributed by atoms with Crippen LogP contribution in [0.1, 0.15) is 51.5 Å². The summed E-state index contributed by atoms with van der Waals surface area (Å²) in [7, 11) is 1.81. The van der Waals surface area contributed by atoms with Gasteiger partial charge in [-0.05, 0) is 30.9 Å². The normalized spacial score (nSPS) is 12.9. The standard InChI is InChI=1S/C15H26N4O/c1-7-10-16-13-9-8-12(17-18-13)14(20)19(6)11(2)15(3,4)5/h8-9,11H,7,10H2,1-6H3,(H,16,18). The fraction of sp³-hybridized carbons (Fsp3) is 0.667. The molecule has 1 aromatic rings. The molecule has 0 aliphatic rings. The third-order valence-corrected chi connectivity index (χ3v) is 3.59. The minimum Gasteiger partial charge on any atom is -0.369 e. The molecule has 0 fully saturated rings. The molecule has 20 heavy (non-hydrogen) atoms. The summed E-state index contributed by atoms with van der Waals surface area (Å²) < 4.78 is 0. The van der Waals surface area contributed by atoms with E-state index in [0.29, 0.717) is 11.5 Å². The Morgan fingerprint density at radius 2 is 2.00 bits per heavy atom. The van der Waals surface area contributed by atoms with Crippen molar-refractivity contribution in [3.63, 3.8) is 0 Å². The van der Waals surface area contributed by atoms with Crippen LogP contribution in [0.25, 0.3) is 0 Å². The lowest BCUT2D eigenvalue weighted by molar-refractivity contribution is 0.0622. The van der Waals surface area contributed by atoms with Gasteiger partial charge >= 0.3 is 0 Å². The summed E-state index contributed by atoms with van der Waals surface area (Å²) in [5.41, 5.74) is 0.408. The maximum atomic E-state index is 12.4. The molecular weight excluding hydrogens is 252 g/mol. The number of amides is 1. The van der Waals surface area contributed by atoms with E-state index in [2.05, 4.69) is 43.2 Å². The molecule has 1 N–H and O–H groups in total. The lowest BCUT2D eigenvalue weighted by Crippen LogP contribution is -2.43. The van der Waals surface area contributed by atoms with Gasteiger partial charge < -0.3 is 10.2 Å². The van der Waals surface area contributed by atoms with Crippen LogP contribution in [0, 0.1) is 5.41 Å². The van der Waals surface area contributed by atoms with Gasteiger partial charge in [0.1, 0.15) is 5.82 Å². The van der Waals surface area contributed by atoms with Crippen LogP contribution < -0.4 is 5.32 Å². The molecule has 0 radical (unpaired) electrons. The molecule has 0 saturated heterocycles. The van der Waals surface area contributed by atoms with Gasteiger partial charge in [-0.25, -0.2) is 0 Å². The zero-order valence-corrected chi connectivity index (χ0v) is 13.4. The minimum absolute atomic E-state index is 0.0282. The average Bonchev–Trinajstić information content (AvgIpc) is 2.42. The highest BCUT2D eigenvalue weighted by Gasteiger charge is 2.28. The summed E-state index contributed by atoms with van der Waals surface area (Å²) in [6.07, 6.45) is 1.02. The Hall–Kier alpha value is -1.65. The van der Waals surface area contributed by atoms with E-state index in [0.717, 1.165) is 13.0 Å². The van der Waals surface area contributed by atoms with Crippen molar-refractivity contribution in [3.8, 4) is 0 Å². The Morgan fingerprint density at radius 3 is 2.45 bits per heavy atom. The van der Waals surface area contributed by atoms with Crippen LogP contribution >= 0.6 is 0 Å². The van der Waals surface area contributed by atoms with Gasteiger partial charge in [0.2, 0.25) is 0 Å². The van der Waals surface area contributed by atoms with Gasteiger partial charge in [0.05, 0.1) is 0 Å². The van der Waals surface area contributed by atoms with Gasteiger partial charge in [0, 0.05) is 19.6 Å². The average molecular weight is 278 g/mol. The Morgan fingerprint density at radius 1 is 1.35 bits per heavy atom. The second-order valence-corrected chi connectivity index (χ2v) is 6.19. The lowest BCUT2D eigenvalue weighted by Gasteiger charge is -2.35. The van der Waals surface area contributed by atoms with E-state index in [4.69, 9.17) is 0 Å². The molecule has 1 aromatic heterocycles. The Bertz CT molecular complexity index is 436. The zero-order chi connectivity index (χ0) is 15.3. The van der Waals surface area contributed by atoms with E-state index in [9.17, 15) is 4.79 Å². The van der Waals surface area contributed by atoms with Crippen molar-refractivity contribution >= 4 is 11.7 Å². The number of aromatic nitrogens is 2. The summed E-state index contributed by atoms with van der Waals surface area (Å²) in [5.74, 6) is 0.608. The number of hydrogen-bond acceptors (Lipinski definition) is 4. The van der Waals surface area contributed by atoms with Crippen LogP contribution in [0.2, 0.25) is 0 Å². The van der Waals surface area contributed by atoms with Crippen molar-refractivity contribution in [1.29, 1.82) is 0 Å². The fourth-order valence-electron chi connectivity index (χ4n) is 1.73. The molecule has 5 nitrogen and oxygen atoms in total. The zero-order valence-electron chi connectivity index (χ0n) is 13.4. The van der Waals surface area contributed by atoms with Crippen LogP contribution in [0.15, 0.2) is 12.1 Å². The Kier molecular flexibility index (Phi) is 5.48. The number of nitrogens with zero attached hydrogens (tertiary/aromatic N) is 3. The van der Waals surface area contributed by atoms with Crippen LogP contribution in [-0.4, -0.2) is 40.6 Å². The van der Waals surface area contributed by atoms with Gasteiger partial charge in [-0.2, -0.15) is 0 Å². The quantitative estimate of drug-likeness (QED) is 0.899. The molecule has 0 aromatic carbocycles. The maximum absolute atomic E-state index is 12.4. The van der Waals surface area contributed by atoms with E-state index in [-0.39, 0.29) is 17.4 Å². The highest BCUT2D eigenvalue weighted by Crippen LogP contribution is 2.23. The molecule has 0 aliphatic carbocycles. The number of carbonyl (C=O) groups excluding carboxylic acids is 1. The smallest absolute Gasteiger partial charge is 0.274 e. The third kappa shape index (κ3) is 4.18. The molecule has 1 atom stereocenters. The summed E-state index contributed by atoms with van der Waals surface area (Å²) in [4.78, 5) is 14.1. The first-order chi connectivity index (χ1) is 9.27. The lowest BCUT2D eigenvalue weighted by atomic mass is 9.87. The molecule has 1 unspecified atom stereocenters. The second kappa shape index (κ2) is 6.68. The molecule has 1 amide bonds. The summed E-state index contributed by atoms with van der Waals surface area (Å²) >= 11 is 0.